The van der Waals surface area contributed by atoms with Crippen molar-refractivity contribution in [2.45, 2.75) is 11.4 Å². The summed E-state index contributed by atoms with van der Waals surface area (Å²) in [6, 6.07) is 11.0. The van der Waals surface area contributed by atoms with E-state index in [0.29, 0.717) is 16.7 Å². The summed E-state index contributed by atoms with van der Waals surface area (Å²) in [5.41, 5.74) is 6.75. The molecule has 0 bridgehead atoms. The number of thioether (sulfide) groups is 1. The molecule has 0 aromatic heterocycles. The van der Waals surface area contributed by atoms with E-state index in [2.05, 4.69) is 15.9 Å². The molecule has 0 heterocycles. The van der Waals surface area contributed by atoms with E-state index in [9.17, 15) is 9.18 Å². The van der Waals surface area contributed by atoms with E-state index < -0.39 is 11.7 Å². The maximum atomic E-state index is 14.0. The number of carbonyl (C=O) groups excluding carboxylic acids is 1. The van der Waals surface area contributed by atoms with Crippen LogP contribution < -0.4 is 10.6 Å². The van der Waals surface area contributed by atoms with Crippen molar-refractivity contribution in [1.29, 1.82) is 0 Å². The van der Waals surface area contributed by atoms with Crippen LogP contribution in [0.3, 0.4) is 0 Å². The molecule has 2 aromatic carbocycles. The van der Waals surface area contributed by atoms with Crippen molar-refractivity contribution in [3.63, 3.8) is 0 Å². The zero-order valence-corrected chi connectivity index (χ0v) is 14.7. The Bertz CT molecular complexity index is 691. The molecule has 0 spiro atoms. The Morgan fingerprint density at radius 1 is 1.32 bits per heavy atom. The molecule has 0 saturated heterocycles. The van der Waals surface area contributed by atoms with Gasteiger partial charge in [0, 0.05) is 23.0 Å². The third kappa shape index (κ3) is 3.81. The maximum absolute atomic E-state index is 14.0. The molecule has 2 N–H and O–H groups in total. The Balaban J connectivity index is 2.32. The fourth-order valence-electron chi connectivity index (χ4n) is 2.19. The minimum absolute atomic E-state index is 0.0913. The van der Waals surface area contributed by atoms with Crippen LogP contribution in [0.5, 0.6) is 0 Å². The van der Waals surface area contributed by atoms with Gasteiger partial charge in [-0.1, -0.05) is 28.1 Å². The van der Waals surface area contributed by atoms with Gasteiger partial charge in [0.15, 0.2) is 0 Å². The molecule has 0 unspecified atom stereocenters. The number of nitrogens with two attached hydrogens (primary N) is 1. The third-order valence-electron chi connectivity index (χ3n) is 3.27. The van der Waals surface area contributed by atoms with E-state index >= 15 is 0 Å². The molecular formula is C16H16BrFN2OS. The number of nitrogens with zero attached hydrogens (tertiary/aromatic N) is 1. The number of hydrogen-bond acceptors (Lipinski definition) is 3. The first-order chi connectivity index (χ1) is 10.4. The van der Waals surface area contributed by atoms with Crippen molar-refractivity contribution in [2.75, 3.05) is 18.2 Å². The van der Waals surface area contributed by atoms with Crippen molar-refractivity contribution in [3.05, 3.63) is 57.8 Å². The number of hydrogen-bond donors (Lipinski definition) is 1. The van der Waals surface area contributed by atoms with Gasteiger partial charge in [-0.25, -0.2) is 4.39 Å². The molecule has 22 heavy (non-hydrogen) atoms. The minimum atomic E-state index is -0.774. The largest absolute Gasteiger partial charge is 0.370 e. The molecule has 2 aromatic rings. The molecule has 0 atom stereocenters. The standard InChI is InChI=1S/C16H16BrFN2OS/c1-20(9-10-3-5-12(22-2)6-4-10)14-8-11(17)7-13(18)15(14)16(19)21/h3-8H,9H2,1-2H3,(H2,19,21). The van der Waals surface area contributed by atoms with Crippen LogP contribution in [0, 0.1) is 5.82 Å². The Hall–Kier alpha value is -1.53. The summed E-state index contributed by atoms with van der Waals surface area (Å²) < 4.78 is 14.6. The van der Waals surface area contributed by atoms with Gasteiger partial charge in [0.25, 0.3) is 5.91 Å². The van der Waals surface area contributed by atoms with Gasteiger partial charge < -0.3 is 10.6 Å². The van der Waals surface area contributed by atoms with Crippen molar-refractivity contribution >= 4 is 39.3 Å². The number of rotatable bonds is 5. The van der Waals surface area contributed by atoms with Gasteiger partial charge >= 0.3 is 0 Å². The van der Waals surface area contributed by atoms with Crippen LogP contribution in [0.2, 0.25) is 0 Å². The Morgan fingerprint density at radius 3 is 2.50 bits per heavy atom. The van der Waals surface area contributed by atoms with E-state index in [1.807, 2.05) is 35.4 Å². The Kier molecular flexibility index (Phi) is 5.47. The first-order valence-electron chi connectivity index (χ1n) is 6.55. The van der Waals surface area contributed by atoms with E-state index in [1.54, 1.807) is 24.9 Å². The van der Waals surface area contributed by atoms with Crippen molar-refractivity contribution in [2.24, 2.45) is 5.73 Å². The van der Waals surface area contributed by atoms with E-state index in [4.69, 9.17) is 5.73 Å². The minimum Gasteiger partial charge on any atom is -0.370 e. The first-order valence-corrected chi connectivity index (χ1v) is 8.57. The molecule has 0 aliphatic heterocycles. The number of halogens is 2. The predicted octanol–water partition coefficient (Wildman–Crippen LogP) is 4.05. The van der Waals surface area contributed by atoms with Gasteiger partial charge in [-0.15, -0.1) is 11.8 Å². The summed E-state index contributed by atoms with van der Waals surface area (Å²) in [5.74, 6) is -1.40. The van der Waals surface area contributed by atoms with E-state index in [1.165, 1.54) is 11.0 Å². The molecule has 116 valence electrons. The van der Waals surface area contributed by atoms with Crippen LogP contribution in [-0.4, -0.2) is 19.2 Å². The summed E-state index contributed by atoms with van der Waals surface area (Å²) in [6.45, 7) is 0.546. The van der Waals surface area contributed by atoms with Gasteiger partial charge in [-0.2, -0.15) is 0 Å². The smallest absolute Gasteiger partial charge is 0.253 e. The number of benzene rings is 2. The zero-order chi connectivity index (χ0) is 16.3. The average molecular weight is 383 g/mol. The highest BCUT2D eigenvalue weighted by Gasteiger charge is 2.18. The fourth-order valence-corrected chi connectivity index (χ4v) is 3.02. The van der Waals surface area contributed by atoms with Crippen LogP contribution in [0.4, 0.5) is 10.1 Å². The van der Waals surface area contributed by atoms with Crippen LogP contribution in [-0.2, 0) is 6.54 Å². The van der Waals surface area contributed by atoms with Crippen molar-refractivity contribution in [3.8, 4) is 0 Å². The summed E-state index contributed by atoms with van der Waals surface area (Å²) in [7, 11) is 1.80. The predicted molar refractivity (Wildman–Crippen MR) is 92.9 cm³/mol. The summed E-state index contributed by atoms with van der Waals surface area (Å²) in [4.78, 5) is 14.5. The molecule has 6 heteroatoms. The lowest BCUT2D eigenvalue weighted by molar-refractivity contribution is 0.0997. The zero-order valence-electron chi connectivity index (χ0n) is 12.3. The van der Waals surface area contributed by atoms with Gasteiger partial charge in [0.2, 0.25) is 0 Å². The number of amides is 1. The first kappa shape index (κ1) is 16.8. The highest BCUT2D eigenvalue weighted by Crippen LogP contribution is 2.28. The van der Waals surface area contributed by atoms with Crippen molar-refractivity contribution in [1.82, 2.24) is 0 Å². The molecule has 3 nitrogen and oxygen atoms in total. The van der Waals surface area contributed by atoms with E-state index in [0.717, 1.165) is 5.56 Å². The SMILES string of the molecule is CSc1ccc(CN(C)c2cc(Br)cc(F)c2C(N)=O)cc1. The maximum Gasteiger partial charge on any atom is 0.253 e. The average Bonchev–Trinajstić information content (AvgIpc) is 2.46. The van der Waals surface area contributed by atoms with E-state index in [-0.39, 0.29) is 5.56 Å². The second-order valence-electron chi connectivity index (χ2n) is 4.85. The molecule has 0 radical (unpaired) electrons. The van der Waals surface area contributed by atoms with Gasteiger partial charge in [-0.05, 0) is 36.1 Å². The lowest BCUT2D eigenvalue weighted by Crippen LogP contribution is -2.23. The summed E-state index contributed by atoms with van der Waals surface area (Å²) >= 11 is 4.92. The third-order valence-corrected chi connectivity index (χ3v) is 4.47. The van der Waals surface area contributed by atoms with Crippen LogP contribution in [0.15, 0.2) is 45.8 Å². The molecule has 0 aliphatic carbocycles. The second-order valence-corrected chi connectivity index (χ2v) is 6.65. The number of carbonyl (C=O) groups is 1. The quantitative estimate of drug-likeness (QED) is 0.793. The Morgan fingerprint density at radius 2 is 1.95 bits per heavy atom. The molecule has 2 rings (SSSR count). The lowest BCUT2D eigenvalue weighted by Gasteiger charge is -2.22. The topological polar surface area (TPSA) is 46.3 Å². The van der Waals surface area contributed by atoms with Crippen LogP contribution >= 0.6 is 27.7 Å². The highest BCUT2D eigenvalue weighted by atomic mass is 79.9. The van der Waals surface area contributed by atoms with Gasteiger partial charge in [0.05, 0.1) is 11.3 Å². The molecule has 1 amide bonds. The molecule has 0 fully saturated rings. The fraction of sp³-hybridized carbons (Fsp3) is 0.188. The van der Waals surface area contributed by atoms with Gasteiger partial charge in [-0.3, -0.25) is 4.79 Å². The lowest BCUT2D eigenvalue weighted by atomic mass is 10.1. The molecule has 0 aliphatic rings. The number of primary amides is 1. The monoisotopic (exact) mass is 382 g/mol. The van der Waals surface area contributed by atoms with Crippen LogP contribution in [0.25, 0.3) is 0 Å². The van der Waals surface area contributed by atoms with Crippen LogP contribution in [0.1, 0.15) is 15.9 Å². The summed E-state index contributed by atoms with van der Waals surface area (Å²) in [5, 5.41) is 0. The van der Waals surface area contributed by atoms with Gasteiger partial charge in [0.1, 0.15) is 5.82 Å². The highest BCUT2D eigenvalue weighted by molar-refractivity contribution is 9.10. The summed E-state index contributed by atoms with van der Waals surface area (Å²) in [6.07, 6.45) is 2.02. The Labute approximate surface area is 141 Å². The second kappa shape index (κ2) is 7.15. The molecule has 0 saturated carbocycles. The normalized spacial score (nSPS) is 10.5. The molecular weight excluding hydrogens is 367 g/mol. The number of anilines is 1. The van der Waals surface area contributed by atoms with Crippen molar-refractivity contribution < 1.29 is 9.18 Å².